The first-order valence-electron chi connectivity index (χ1n) is 6.84. The first-order chi connectivity index (χ1) is 9.57. The number of hydrogen-bond donors (Lipinski definition) is 1. The van der Waals surface area contributed by atoms with Gasteiger partial charge in [-0.2, -0.15) is 4.31 Å². The fourth-order valence-electron chi connectivity index (χ4n) is 2.48. The highest BCUT2D eigenvalue weighted by Crippen LogP contribution is 2.22. The van der Waals surface area contributed by atoms with Crippen molar-refractivity contribution in [2.75, 3.05) is 27.2 Å². The van der Waals surface area contributed by atoms with E-state index < -0.39 is 10.0 Å². The van der Waals surface area contributed by atoms with Gasteiger partial charge in [-0.3, -0.25) is 0 Å². The number of nitrogens with one attached hydrogen (secondary N) is 1. The van der Waals surface area contributed by atoms with Crippen LogP contribution < -0.4 is 5.32 Å². The minimum atomic E-state index is -3.42. The van der Waals surface area contributed by atoms with Gasteiger partial charge in [0.1, 0.15) is 0 Å². The Labute approximate surface area is 121 Å². The van der Waals surface area contributed by atoms with Crippen molar-refractivity contribution in [2.24, 2.45) is 0 Å². The van der Waals surface area contributed by atoms with Crippen molar-refractivity contribution in [3.8, 4) is 0 Å². The van der Waals surface area contributed by atoms with Crippen LogP contribution in [-0.2, 0) is 21.3 Å². The zero-order chi connectivity index (χ0) is 14.6. The zero-order valence-corrected chi connectivity index (χ0v) is 12.8. The molecule has 1 fully saturated rings. The molecule has 1 atom stereocenters. The number of methoxy groups -OCH3 is 1. The summed E-state index contributed by atoms with van der Waals surface area (Å²) in [6, 6.07) is 7.11. The van der Waals surface area contributed by atoms with Crippen LogP contribution in [0.25, 0.3) is 0 Å². The van der Waals surface area contributed by atoms with E-state index in [-0.39, 0.29) is 6.10 Å². The molecule has 5 nitrogen and oxygen atoms in total. The predicted octanol–water partition coefficient (Wildman–Crippen LogP) is 1.21. The van der Waals surface area contributed by atoms with Gasteiger partial charge in [0.2, 0.25) is 10.0 Å². The Hall–Kier alpha value is -0.950. The van der Waals surface area contributed by atoms with Gasteiger partial charge in [-0.1, -0.05) is 12.1 Å². The predicted molar refractivity (Wildman–Crippen MR) is 78.0 cm³/mol. The highest BCUT2D eigenvalue weighted by atomic mass is 32.2. The maximum atomic E-state index is 12.7. The highest BCUT2D eigenvalue weighted by Gasteiger charge is 2.30. The van der Waals surface area contributed by atoms with E-state index in [1.54, 1.807) is 25.3 Å². The van der Waals surface area contributed by atoms with E-state index in [2.05, 4.69) is 5.32 Å². The average molecular weight is 298 g/mol. The second kappa shape index (κ2) is 6.67. The van der Waals surface area contributed by atoms with Gasteiger partial charge in [0, 0.05) is 26.7 Å². The first-order valence-corrected chi connectivity index (χ1v) is 8.28. The minimum absolute atomic E-state index is 0.000911. The third-order valence-electron chi connectivity index (χ3n) is 3.59. The molecule has 1 heterocycles. The summed E-state index contributed by atoms with van der Waals surface area (Å²) in [4.78, 5) is 0.363. The molecule has 0 radical (unpaired) electrons. The molecule has 6 heteroatoms. The van der Waals surface area contributed by atoms with Crippen molar-refractivity contribution in [1.29, 1.82) is 0 Å². The Morgan fingerprint density at radius 1 is 1.45 bits per heavy atom. The molecule has 0 spiro atoms. The Bertz CT molecular complexity index is 545. The Balaban J connectivity index is 2.23. The van der Waals surface area contributed by atoms with E-state index >= 15 is 0 Å². The topological polar surface area (TPSA) is 58.6 Å². The Kier molecular flexibility index (Phi) is 5.15. The van der Waals surface area contributed by atoms with Crippen LogP contribution in [0, 0.1) is 0 Å². The first kappa shape index (κ1) is 15.4. The number of piperidine rings is 1. The lowest BCUT2D eigenvalue weighted by molar-refractivity contribution is 0.0572. The van der Waals surface area contributed by atoms with E-state index in [4.69, 9.17) is 4.74 Å². The molecule has 20 heavy (non-hydrogen) atoms. The van der Waals surface area contributed by atoms with Gasteiger partial charge in [0.25, 0.3) is 0 Å². The minimum Gasteiger partial charge on any atom is -0.380 e. The van der Waals surface area contributed by atoms with Crippen LogP contribution in [0.4, 0.5) is 0 Å². The molecule has 0 saturated carbocycles. The molecule has 1 saturated heterocycles. The van der Waals surface area contributed by atoms with Crippen LogP contribution in [0.2, 0.25) is 0 Å². The lowest BCUT2D eigenvalue weighted by Crippen LogP contribution is -2.42. The monoisotopic (exact) mass is 298 g/mol. The third kappa shape index (κ3) is 3.38. The summed E-state index contributed by atoms with van der Waals surface area (Å²) in [6.45, 7) is 1.66. The SMILES string of the molecule is CNCc1cccc(S(=O)(=O)N2CCCC(OC)C2)c1. The molecule has 0 amide bonds. The summed E-state index contributed by atoms with van der Waals surface area (Å²) < 4.78 is 32.1. The fourth-order valence-corrected chi connectivity index (χ4v) is 4.07. The molecule has 112 valence electrons. The fraction of sp³-hybridized carbons (Fsp3) is 0.571. The van der Waals surface area contributed by atoms with Gasteiger partial charge >= 0.3 is 0 Å². The van der Waals surface area contributed by atoms with Crippen LogP contribution in [0.3, 0.4) is 0 Å². The molecular weight excluding hydrogens is 276 g/mol. The molecule has 1 aliphatic rings. The molecule has 1 aromatic carbocycles. The lowest BCUT2D eigenvalue weighted by Gasteiger charge is -2.31. The third-order valence-corrected chi connectivity index (χ3v) is 5.45. The van der Waals surface area contributed by atoms with E-state index in [1.807, 2.05) is 13.1 Å². The average Bonchev–Trinajstić information content (AvgIpc) is 2.48. The van der Waals surface area contributed by atoms with Gasteiger partial charge in [-0.25, -0.2) is 8.42 Å². The van der Waals surface area contributed by atoms with Gasteiger partial charge in [-0.05, 0) is 37.6 Å². The van der Waals surface area contributed by atoms with Crippen molar-refractivity contribution >= 4 is 10.0 Å². The van der Waals surface area contributed by atoms with Crippen molar-refractivity contribution in [3.63, 3.8) is 0 Å². The van der Waals surface area contributed by atoms with Gasteiger partial charge in [0.15, 0.2) is 0 Å². The van der Waals surface area contributed by atoms with Crippen molar-refractivity contribution < 1.29 is 13.2 Å². The van der Waals surface area contributed by atoms with Gasteiger partial charge in [-0.15, -0.1) is 0 Å². The summed E-state index contributed by atoms with van der Waals surface area (Å²) in [7, 11) is 0.0552. The van der Waals surface area contributed by atoms with Crippen LogP contribution in [0.5, 0.6) is 0 Å². The van der Waals surface area contributed by atoms with Gasteiger partial charge < -0.3 is 10.1 Å². The van der Waals surface area contributed by atoms with Crippen LogP contribution in [0.15, 0.2) is 29.2 Å². The Morgan fingerprint density at radius 2 is 2.25 bits per heavy atom. The van der Waals surface area contributed by atoms with Crippen molar-refractivity contribution in [2.45, 2.75) is 30.4 Å². The normalized spacial score (nSPS) is 21.0. The summed E-state index contributed by atoms with van der Waals surface area (Å²) >= 11 is 0. The molecule has 1 unspecified atom stereocenters. The smallest absolute Gasteiger partial charge is 0.243 e. The van der Waals surface area contributed by atoms with Gasteiger partial charge in [0.05, 0.1) is 11.0 Å². The lowest BCUT2D eigenvalue weighted by atomic mass is 10.1. The quantitative estimate of drug-likeness (QED) is 0.887. The molecule has 2 rings (SSSR count). The second-order valence-corrected chi connectivity index (χ2v) is 6.98. The molecule has 1 aliphatic heterocycles. The van der Waals surface area contributed by atoms with Crippen LogP contribution >= 0.6 is 0 Å². The van der Waals surface area contributed by atoms with E-state index in [0.29, 0.717) is 24.5 Å². The van der Waals surface area contributed by atoms with Crippen LogP contribution in [-0.4, -0.2) is 46.1 Å². The largest absolute Gasteiger partial charge is 0.380 e. The molecule has 1 aromatic rings. The Morgan fingerprint density at radius 3 is 2.95 bits per heavy atom. The number of nitrogens with zero attached hydrogens (tertiary/aromatic N) is 1. The maximum Gasteiger partial charge on any atom is 0.243 e. The van der Waals surface area contributed by atoms with E-state index in [0.717, 1.165) is 18.4 Å². The number of benzene rings is 1. The number of ether oxygens (including phenoxy) is 1. The number of rotatable bonds is 5. The molecular formula is C14H22N2O3S. The number of sulfonamides is 1. The van der Waals surface area contributed by atoms with E-state index in [1.165, 1.54) is 4.31 Å². The van der Waals surface area contributed by atoms with Crippen LogP contribution in [0.1, 0.15) is 18.4 Å². The summed E-state index contributed by atoms with van der Waals surface area (Å²) in [6.07, 6.45) is 1.76. The van der Waals surface area contributed by atoms with E-state index in [9.17, 15) is 8.42 Å². The van der Waals surface area contributed by atoms with Crippen molar-refractivity contribution in [3.05, 3.63) is 29.8 Å². The molecule has 0 aliphatic carbocycles. The summed E-state index contributed by atoms with van der Waals surface area (Å²) in [5, 5.41) is 3.03. The van der Waals surface area contributed by atoms with Crippen molar-refractivity contribution in [1.82, 2.24) is 9.62 Å². The summed E-state index contributed by atoms with van der Waals surface area (Å²) in [5.74, 6) is 0. The zero-order valence-electron chi connectivity index (χ0n) is 12.0. The summed E-state index contributed by atoms with van der Waals surface area (Å²) in [5.41, 5.74) is 0.967. The molecule has 0 aromatic heterocycles. The standard InChI is InChI=1S/C14H22N2O3S/c1-15-10-12-5-3-7-14(9-12)20(17,18)16-8-4-6-13(11-16)19-2/h3,5,7,9,13,15H,4,6,8,10-11H2,1-2H3. The maximum absolute atomic E-state index is 12.7. The highest BCUT2D eigenvalue weighted by molar-refractivity contribution is 7.89. The second-order valence-electron chi connectivity index (χ2n) is 5.04. The molecule has 1 N–H and O–H groups in total. The molecule has 0 bridgehead atoms. The number of hydrogen-bond acceptors (Lipinski definition) is 4.